The third-order valence-electron chi connectivity index (χ3n) is 5.73. The molecule has 33 heavy (non-hydrogen) atoms. The van der Waals surface area contributed by atoms with Crippen molar-refractivity contribution in [3.63, 3.8) is 0 Å². The molecule has 0 saturated carbocycles. The van der Waals surface area contributed by atoms with E-state index in [2.05, 4.69) is 33.2 Å². The molecule has 9 heteroatoms. The van der Waals surface area contributed by atoms with Crippen LogP contribution in [0.3, 0.4) is 0 Å². The van der Waals surface area contributed by atoms with E-state index in [1.807, 2.05) is 5.38 Å². The van der Waals surface area contributed by atoms with Gasteiger partial charge in [0.1, 0.15) is 0 Å². The van der Waals surface area contributed by atoms with Gasteiger partial charge in [0, 0.05) is 30.2 Å². The first-order valence-electron chi connectivity index (χ1n) is 10.9. The van der Waals surface area contributed by atoms with Crippen LogP contribution in [0.25, 0.3) is 11.3 Å². The molecule has 1 heterocycles. The van der Waals surface area contributed by atoms with Crippen molar-refractivity contribution >= 4 is 32.4 Å². The van der Waals surface area contributed by atoms with E-state index in [-0.39, 0.29) is 23.6 Å². The summed E-state index contributed by atoms with van der Waals surface area (Å²) < 4.78 is 32.4. The second kappa shape index (κ2) is 10.1. The van der Waals surface area contributed by atoms with Crippen molar-refractivity contribution in [3.8, 4) is 11.3 Å². The first kappa shape index (κ1) is 23.6. The largest absolute Gasteiger partial charge is 0.383 e. The molecular formula is C24H27N3O4S2. The zero-order valence-electron chi connectivity index (χ0n) is 18.7. The Morgan fingerprint density at radius 3 is 2.70 bits per heavy atom. The Balaban J connectivity index is 1.51. The van der Waals surface area contributed by atoms with Crippen molar-refractivity contribution in [1.29, 1.82) is 0 Å². The Labute approximate surface area is 198 Å². The van der Waals surface area contributed by atoms with Gasteiger partial charge in [-0.2, -0.15) is 0 Å². The zero-order chi connectivity index (χ0) is 23.4. The molecule has 4 rings (SSSR count). The maximum absolute atomic E-state index is 12.9. The SMILES string of the molecule is COCCNS(=O)(=O)c1ccc(C)c(C(=O)Nc2nc(-c3ccc4c(c3)CCCC4)cs2)c1. The van der Waals surface area contributed by atoms with Gasteiger partial charge in [0.2, 0.25) is 10.0 Å². The molecule has 0 atom stereocenters. The number of carbonyl (C=O) groups excluding carboxylic acids is 1. The first-order valence-corrected chi connectivity index (χ1v) is 13.2. The summed E-state index contributed by atoms with van der Waals surface area (Å²) in [4.78, 5) is 17.6. The maximum Gasteiger partial charge on any atom is 0.257 e. The lowest BCUT2D eigenvalue weighted by molar-refractivity contribution is 0.102. The lowest BCUT2D eigenvalue weighted by Gasteiger charge is -2.16. The maximum atomic E-state index is 12.9. The minimum Gasteiger partial charge on any atom is -0.383 e. The molecule has 0 spiro atoms. The number of rotatable bonds is 8. The highest BCUT2D eigenvalue weighted by Crippen LogP contribution is 2.30. The summed E-state index contributed by atoms with van der Waals surface area (Å²) in [6, 6.07) is 11.0. The zero-order valence-corrected chi connectivity index (χ0v) is 20.3. The number of fused-ring (bicyclic) bond motifs is 1. The number of hydrogen-bond donors (Lipinski definition) is 2. The summed E-state index contributed by atoms with van der Waals surface area (Å²) in [5, 5.41) is 5.21. The van der Waals surface area contributed by atoms with Gasteiger partial charge >= 0.3 is 0 Å². The molecule has 7 nitrogen and oxygen atoms in total. The van der Waals surface area contributed by atoms with E-state index in [4.69, 9.17) is 4.74 Å². The number of carbonyl (C=O) groups is 1. The molecule has 0 fully saturated rings. The Morgan fingerprint density at radius 2 is 1.91 bits per heavy atom. The molecule has 0 bridgehead atoms. The topological polar surface area (TPSA) is 97.4 Å². The fraction of sp³-hybridized carbons (Fsp3) is 0.333. The number of nitrogens with one attached hydrogen (secondary N) is 2. The summed E-state index contributed by atoms with van der Waals surface area (Å²) in [6.07, 6.45) is 4.68. The van der Waals surface area contributed by atoms with Crippen LogP contribution in [0.1, 0.15) is 39.9 Å². The van der Waals surface area contributed by atoms with Crippen LogP contribution >= 0.6 is 11.3 Å². The van der Waals surface area contributed by atoms with Gasteiger partial charge in [-0.15, -0.1) is 11.3 Å². The number of sulfonamides is 1. The number of aromatic nitrogens is 1. The number of thiazole rings is 1. The van der Waals surface area contributed by atoms with Crippen molar-refractivity contribution in [2.24, 2.45) is 0 Å². The second-order valence-corrected chi connectivity index (χ2v) is 10.7. The molecule has 1 aliphatic carbocycles. The van der Waals surface area contributed by atoms with Gasteiger partial charge in [-0.1, -0.05) is 18.2 Å². The van der Waals surface area contributed by atoms with E-state index in [9.17, 15) is 13.2 Å². The number of nitrogens with zero attached hydrogens (tertiary/aromatic N) is 1. The molecule has 2 N–H and O–H groups in total. The van der Waals surface area contributed by atoms with Gasteiger partial charge in [0.15, 0.2) is 5.13 Å². The predicted octanol–water partition coefficient (Wildman–Crippen LogP) is 4.17. The Bertz CT molecular complexity index is 1270. The van der Waals surface area contributed by atoms with E-state index < -0.39 is 15.9 Å². The summed E-state index contributed by atoms with van der Waals surface area (Å²) in [7, 11) is -2.24. The molecule has 0 radical (unpaired) electrons. The van der Waals surface area contributed by atoms with E-state index >= 15 is 0 Å². The van der Waals surface area contributed by atoms with Crippen LogP contribution in [0.2, 0.25) is 0 Å². The number of hydrogen-bond acceptors (Lipinski definition) is 6. The average molecular weight is 486 g/mol. The predicted molar refractivity (Wildman–Crippen MR) is 130 cm³/mol. The van der Waals surface area contributed by atoms with Crippen LogP contribution in [-0.4, -0.2) is 39.6 Å². The van der Waals surface area contributed by atoms with Crippen molar-refractivity contribution in [2.45, 2.75) is 37.5 Å². The Morgan fingerprint density at radius 1 is 1.12 bits per heavy atom. The molecule has 2 aromatic carbocycles. The van der Waals surface area contributed by atoms with E-state index in [0.717, 1.165) is 24.1 Å². The summed E-state index contributed by atoms with van der Waals surface area (Å²) in [5.74, 6) is -0.396. The monoisotopic (exact) mass is 485 g/mol. The summed E-state index contributed by atoms with van der Waals surface area (Å²) in [6.45, 7) is 2.18. The van der Waals surface area contributed by atoms with Crippen molar-refractivity contribution < 1.29 is 17.9 Å². The quantitative estimate of drug-likeness (QED) is 0.467. The third-order valence-corrected chi connectivity index (χ3v) is 7.95. The Hall–Kier alpha value is -2.59. The Kier molecular flexibility index (Phi) is 7.23. The second-order valence-electron chi connectivity index (χ2n) is 8.05. The first-order chi connectivity index (χ1) is 15.9. The van der Waals surface area contributed by atoms with Crippen LogP contribution in [0.15, 0.2) is 46.7 Å². The smallest absolute Gasteiger partial charge is 0.257 e. The number of methoxy groups -OCH3 is 1. The van der Waals surface area contributed by atoms with Crippen molar-refractivity contribution in [2.75, 3.05) is 25.6 Å². The fourth-order valence-electron chi connectivity index (χ4n) is 3.90. The molecule has 3 aromatic rings. The highest BCUT2D eigenvalue weighted by molar-refractivity contribution is 7.89. The molecule has 1 aromatic heterocycles. The number of amides is 1. The normalized spacial score (nSPS) is 13.5. The number of benzene rings is 2. The van der Waals surface area contributed by atoms with Crippen LogP contribution in [-0.2, 0) is 27.6 Å². The van der Waals surface area contributed by atoms with Gasteiger partial charge in [0.25, 0.3) is 5.91 Å². The summed E-state index contributed by atoms with van der Waals surface area (Å²) in [5.41, 5.74) is 5.61. The van der Waals surface area contributed by atoms with Gasteiger partial charge in [0.05, 0.1) is 17.2 Å². The van der Waals surface area contributed by atoms with Gasteiger partial charge < -0.3 is 4.74 Å². The number of ether oxygens (including phenoxy) is 1. The van der Waals surface area contributed by atoms with Gasteiger partial charge in [-0.05, 0) is 67.5 Å². The molecule has 1 amide bonds. The van der Waals surface area contributed by atoms with Crippen LogP contribution < -0.4 is 10.0 Å². The van der Waals surface area contributed by atoms with Crippen LogP contribution in [0.4, 0.5) is 5.13 Å². The average Bonchev–Trinajstić information content (AvgIpc) is 3.27. The number of anilines is 1. The molecule has 174 valence electrons. The fourth-order valence-corrected chi connectivity index (χ4v) is 5.65. The van der Waals surface area contributed by atoms with Crippen LogP contribution in [0, 0.1) is 6.92 Å². The van der Waals surface area contributed by atoms with E-state index in [0.29, 0.717) is 10.7 Å². The standard InChI is InChI=1S/C24H27N3O4S2/c1-16-7-10-20(33(29,30)25-11-12-31-2)14-21(16)23(28)27-24-26-22(15-32-24)19-9-8-17-5-3-4-6-18(17)13-19/h7-10,13-15,25H,3-6,11-12H2,1-2H3,(H,26,27,28). The third kappa shape index (κ3) is 5.50. The van der Waals surface area contributed by atoms with E-state index in [1.54, 1.807) is 13.0 Å². The highest BCUT2D eigenvalue weighted by Gasteiger charge is 2.19. The number of aryl methyl sites for hydroxylation is 3. The molecule has 0 aliphatic heterocycles. The molecule has 1 aliphatic rings. The molecule has 0 unspecified atom stereocenters. The summed E-state index contributed by atoms with van der Waals surface area (Å²) >= 11 is 1.35. The van der Waals surface area contributed by atoms with Crippen LogP contribution in [0.5, 0.6) is 0 Å². The lowest BCUT2D eigenvalue weighted by Crippen LogP contribution is -2.27. The molecular weight excluding hydrogens is 458 g/mol. The minimum absolute atomic E-state index is 0.0308. The lowest BCUT2D eigenvalue weighted by atomic mass is 9.90. The van der Waals surface area contributed by atoms with Gasteiger partial charge in [-0.3, -0.25) is 10.1 Å². The van der Waals surface area contributed by atoms with Gasteiger partial charge in [-0.25, -0.2) is 18.1 Å². The highest BCUT2D eigenvalue weighted by atomic mass is 32.2. The van der Waals surface area contributed by atoms with Crippen molar-refractivity contribution in [3.05, 3.63) is 64.0 Å². The van der Waals surface area contributed by atoms with Crippen molar-refractivity contribution in [1.82, 2.24) is 9.71 Å². The minimum atomic E-state index is -3.74. The van der Waals surface area contributed by atoms with E-state index in [1.165, 1.54) is 54.5 Å². The molecule has 0 saturated heterocycles.